The average molecular weight is 516 g/mol. The van der Waals surface area contributed by atoms with E-state index in [2.05, 4.69) is 61.3 Å². The van der Waals surface area contributed by atoms with Crippen LogP contribution in [-0.2, 0) is 6.42 Å². The molecule has 1 aliphatic heterocycles. The molecule has 146 valence electrons. The summed E-state index contributed by atoms with van der Waals surface area (Å²) < 4.78 is 7.85. The van der Waals surface area contributed by atoms with Crippen molar-refractivity contribution >= 4 is 49.1 Å². The molecule has 1 aromatic heterocycles. The van der Waals surface area contributed by atoms with Gasteiger partial charge in [0.05, 0.1) is 11.1 Å². The molecule has 0 spiro atoms. The van der Waals surface area contributed by atoms with Crippen molar-refractivity contribution in [3.8, 4) is 5.75 Å². The Morgan fingerprint density at radius 3 is 2.89 bits per heavy atom. The number of carbonyl (C=O) groups excluding carboxylic acids is 1. The third kappa shape index (κ3) is 6.04. The molecule has 4 nitrogen and oxygen atoms in total. The highest BCUT2D eigenvalue weighted by Crippen LogP contribution is 2.28. The van der Waals surface area contributed by atoms with Crippen LogP contribution in [0.15, 0.2) is 38.6 Å². The van der Waals surface area contributed by atoms with Crippen molar-refractivity contribution in [2.45, 2.75) is 19.3 Å². The smallest absolute Gasteiger partial charge is 0.262 e. The van der Waals surface area contributed by atoms with Gasteiger partial charge >= 0.3 is 0 Å². The molecule has 0 aliphatic carbocycles. The van der Waals surface area contributed by atoms with E-state index in [-0.39, 0.29) is 5.91 Å². The maximum absolute atomic E-state index is 12.1. The largest absolute Gasteiger partial charge is 0.492 e. The van der Waals surface area contributed by atoms with Gasteiger partial charge in [-0.1, -0.05) is 6.07 Å². The van der Waals surface area contributed by atoms with Crippen molar-refractivity contribution in [2.24, 2.45) is 5.92 Å². The van der Waals surface area contributed by atoms with E-state index in [1.165, 1.54) is 30.7 Å². The number of likely N-dealkylation sites (tertiary alicyclic amines) is 1. The van der Waals surface area contributed by atoms with Crippen LogP contribution in [0.4, 0.5) is 0 Å². The zero-order valence-corrected chi connectivity index (χ0v) is 19.3. The monoisotopic (exact) mass is 514 g/mol. The molecule has 0 radical (unpaired) electrons. The minimum Gasteiger partial charge on any atom is -0.492 e. The van der Waals surface area contributed by atoms with E-state index in [1.807, 2.05) is 17.5 Å². The number of rotatable bonds is 7. The van der Waals surface area contributed by atoms with Crippen LogP contribution < -0.4 is 10.1 Å². The molecule has 1 saturated heterocycles. The molecule has 0 bridgehead atoms. The molecule has 1 unspecified atom stereocenters. The molecule has 1 N–H and O–H groups in total. The molecule has 2 aromatic rings. The van der Waals surface area contributed by atoms with Gasteiger partial charge in [0.15, 0.2) is 0 Å². The summed E-state index contributed by atoms with van der Waals surface area (Å²) in [5.74, 6) is 1.45. The van der Waals surface area contributed by atoms with Crippen LogP contribution in [-0.4, -0.2) is 44.1 Å². The number of benzene rings is 1. The molecule has 27 heavy (non-hydrogen) atoms. The Morgan fingerprint density at radius 1 is 1.33 bits per heavy atom. The third-order valence-electron chi connectivity index (χ3n) is 4.72. The zero-order valence-electron chi connectivity index (χ0n) is 15.3. The first-order valence-electron chi connectivity index (χ1n) is 9.14. The fraction of sp³-hybridized carbons (Fsp3) is 0.450. The lowest BCUT2D eigenvalue weighted by Gasteiger charge is -2.29. The van der Waals surface area contributed by atoms with Crippen LogP contribution in [0.3, 0.4) is 0 Å². The molecule has 1 atom stereocenters. The maximum atomic E-state index is 12.1. The SMILES string of the molecule is CN1CCCC(COc2ccc(CCNC(=O)c3sccc3Br)cc2Br)C1. The average Bonchev–Trinajstić information content (AvgIpc) is 3.07. The van der Waals surface area contributed by atoms with Gasteiger partial charge in [0.1, 0.15) is 10.6 Å². The van der Waals surface area contributed by atoms with Gasteiger partial charge in [-0.25, -0.2) is 0 Å². The second-order valence-corrected chi connectivity index (χ2v) is 9.57. The van der Waals surface area contributed by atoms with Crippen LogP contribution in [0.1, 0.15) is 28.1 Å². The molecule has 1 aliphatic rings. The Bertz CT molecular complexity index is 781. The maximum Gasteiger partial charge on any atom is 0.262 e. The number of nitrogens with one attached hydrogen (secondary N) is 1. The van der Waals surface area contributed by atoms with Gasteiger partial charge in [-0.2, -0.15) is 0 Å². The first-order chi connectivity index (χ1) is 13.0. The van der Waals surface area contributed by atoms with Gasteiger partial charge < -0.3 is 15.0 Å². The molecule has 3 rings (SSSR count). The number of carbonyl (C=O) groups is 1. The number of hydrogen-bond donors (Lipinski definition) is 1. The van der Waals surface area contributed by atoms with Gasteiger partial charge in [-0.15, -0.1) is 11.3 Å². The molecule has 1 aromatic carbocycles. The van der Waals surface area contributed by atoms with E-state index in [4.69, 9.17) is 4.74 Å². The quantitative estimate of drug-likeness (QED) is 0.566. The fourth-order valence-electron chi connectivity index (χ4n) is 3.29. The lowest BCUT2D eigenvalue weighted by molar-refractivity contribution is 0.0957. The summed E-state index contributed by atoms with van der Waals surface area (Å²) in [4.78, 5) is 15.2. The van der Waals surface area contributed by atoms with Crippen LogP contribution in [0.5, 0.6) is 5.75 Å². The highest BCUT2D eigenvalue weighted by molar-refractivity contribution is 9.11. The van der Waals surface area contributed by atoms with E-state index in [1.54, 1.807) is 0 Å². The van der Waals surface area contributed by atoms with E-state index in [0.29, 0.717) is 17.3 Å². The zero-order chi connectivity index (χ0) is 19.2. The minimum absolute atomic E-state index is 0.0339. The van der Waals surface area contributed by atoms with Crippen molar-refractivity contribution in [2.75, 3.05) is 33.3 Å². The molecular weight excluding hydrogens is 492 g/mol. The Morgan fingerprint density at radius 2 is 2.19 bits per heavy atom. The van der Waals surface area contributed by atoms with Gasteiger partial charge in [0, 0.05) is 23.5 Å². The molecular formula is C20H24Br2N2O2S. The molecule has 1 fully saturated rings. The molecule has 7 heteroatoms. The summed E-state index contributed by atoms with van der Waals surface area (Å²) in [7, 11) is 2.17. The molecule has 1 amide bonds. The van der Waals surface area contributed by atoms with E-state index < -0.39 is 0 Å². The van der Waals surface area contributed by atoms with Gasteiger partial charge in [-0.3, -0.25) is 4.79 Å². The lowest BCUT2D eigenvalue weighted by Crippen LogP contribution is -2.34. The predicted molar refractivity (Wildman–Crippen MR) is 118 cm³/mol. The first kappa shape index (κ1) is 20.8. The Hall–Kier alpha value is -0.890. The standard InChI is InChI=1S/C20H24Br2N2O2S/c1-24-9-2-3-15(12-24)13-26-18-5-4-14(11-17(18)22)6-8-23-20(25)19-16(21)7-10-27-19/h4-5,7,10-11,15H,2-3,6,8-9,12-13H2,1H3,(H,23,25). The highest BCUT2D eigenvalue weighted by atomic mass is 79.9. The number of thiophene rings is 1. The van der Waals surface area contributed by atoms with Gasteiger partial charge in [0.2, 0.25) is 0 Å². The second-order valence-electron chi connectivity index (χ2n) is 6.95. The second kappa shape index (κ2) is 10.0. The van der Waals surface area contributed by atoms with E-state index >= 15 is 0 Å². The Kier molecular flexibility index (Phi) is 7.75. The van der Waals surface area contributed by atoms with Crippen LogP contribution >= 0.6 is 43.2 Å². The van der Waals surface area contributed by atoms with E-state index in [9.17, 15) is 4.79 Å². The number of ether oxygens (including phenoxy) is 1. The van der Waals surface area contributed by atoms with Gasteiger partial charge in [0.25, 0.3) is 5.91 Å². The van der Waals surface area contributed by atoms with Crippen molar-refractivity contribution in [1.82, 2.24) is 10.2 Å². The summed E-state index contributed by atoms with van der Waals surface area (Å²) >= 11 is 8.45. The number of halogens is 2. The van der Waals surface area contributed by atoms with Crippen molar-refractivity contribution in [3.05, 3.63) is 49.0 Å². The lowest BCUT2D eigenvalue weighted by atomic mass is 9.99. The third-order valence-corrected chi connectivity index (χ3v) is 7.17. The van der Waals surface area contributed by atoms with Gasteiger partial charge in [-0.05, 0) is 93.9 Å². The van der Waals surface area contributed by atoms with Crippen molar-refractivity contribution in [3.63, 3.8) is 0 Å². The van der Waals surface area contributed by atoms with Crippen LogP contribution in [0.25, 0.3) is 0 Å². The normalized spacial score (nSPS) is 17.7. The fourth-order valence-corrected chi connectivity index (χ4v) is 5.30. The predicted octanol–water partition coefficient (Wildman–Crippen LogP) is 4.97. The van der Waals surface area contributed by atoms with Crippen molar-refractivity contribution in [1.29, 1.82) is 0 Å². The first-order valence-corrected chi connectivity index (χ1v) is 11.6. The van der Waals surface area contributed by atoms with Crippen LogP contribution in [0, 0.1) is 5.92 Å². The van der Waals surface area contributed by atoms with Crippen molar-refractivity contribution < 1.29 is 9.53 Å². The topological polar surface area (TPSA) is 41.6 Å². The highest BCUT2D eigenvalue weighted by Gasteiger charge is 2.18. The Labute approximate surface area is 181 Å². The Balaban J connectivity index is 1.46. The number of nitrogens with zero attached hydrogens (tertiary/aromatic N) is 1. The number of hydrogen-bond acceptors (Lipinski definition) is 4. The summed E-state index contributed by atoms with van der Waals surface area (Å²) in [6.45, 7) is 3.66. The number of piperidine rings is 1. The molecule has 2 heterocycles. The summed E-state index contributed by atoms with van der Waals surface area (Å²) in [6, 6.07) is 8.06. The van der Waals surface area contributed by atoms with E-state index in [0.717, 1.165) is 39.8 Å². The molecule has 0 saturated carbocycles. The summed E-state index contributed by atoms with van der Waals surface area (Å²) in [6.07, 6.45) is 3.26. The minimum atomic E-state index is -0.0339. The summed E-state index contributed by atoms with van der Waals surface area (Å²) in [5.41, 5.74) is 1.16. The number of amides is 1. The van der Waals surface area contributed by atoms with Crippen LogP contribution in [0.2, 0.25) is 0 Å². The summed E-state index contributed by atoms with van der Waals surface area (Å²) in [5, 5.41) is 4.87.